The van der Waals surface area contributed by atoms with E-state index in [9.17, 15) is 4.79 Å². The Morgan fingerprint density at radius 2 is 2.30 bits per heavy atom. The number of rotatable bonds is 5. The monoisotopic (exact) mass is 302 g/mol. The maximum atomic E-state index is 11.5. The standard InChI is InChI=1S/C14H22N2O3.ClH/c1-3-18-13(17)12-5-4-11(19-12)8-16-7-6-14(2,9-15)10-16;/h4-5H,3,6-10,15H2,1-2H3;1H. The van der Waals surface area contributed by atoms with E-state index in [4.69, 9.17) is 14.9 Å². The lowest BCUT2D eigenvalue weighted by atomic mass is 9.90. The van der Waals surface area contributed by atoms with Gasteiger partial charge in [0.15, 0.2) is 0 Å². The number of nitrogens with zero attached hydrogens (tertiary/aromatic N) is 1. The lowest BCUT2D eigenvalue weighted by Gasteiger charge is -2.21. The number of furan rings is 1. The summed E-state index contributed by atoms with van der Waals surface area (Å²) < 4.78 is 10.4. The molecule has 2 N–H and O–H groups in total. The Morgan fingerprint density at radius 1 is 1.55 bits per heavy atom. The number of nitrogens with two attached hydrogens (primary N) is 1. The van der Waals surface area contributed by atoms with E-state index < -0.39 is 5.97 Å². The Balaban J connectivity index is 0.00000200. The van der Waals surface area contributed by atoms with Crippen molar-refractivity contribution in [3.05, 3.63) is 23.7 Å². The van der Waals surface area contributed by atoms with Gasteiger partial charge in [-0.05, 0) is 44.0 Å². The van der Waals surface area contributed by atoms with Crippen LogP contribution in [0.4, 0.5) is 0 Å². The van der Waals surface area contributed by atoms with Crippen LogP contribution < -0.4 is 5.73 Å². The van der Waals surface area contributed by atoms with Crippen molar-refractivity contribution in [1.82, 2.24) is 4.90 Å². The Kier molecular flexibility index (Phi) is 6.05. The van der Waals surface area contributed by atoms with Crippen molar-refractivity contribution in [2.75, 3.05) is 26.2 Å². The second kappa shape index (κ2) is 7.11. The molecule has 0 amide bonds. The lowest BCUT2D eigenvalue weighted by molar-refractivity contribution is 0.0486. The van der Waals surface area contributed by atoms with Crippen molar-refractivity contribution in [2.45, 2.75) is 26.8 Å². The summed E-state index contributed by atoms with van der Waals surface area (Å²) in [5.74, 6) is 0.670. The molecule has 20 heavy (non-hydrogen) atoms. The highest BCUT2D eigenvalue weighted by molar-refractivity contribution is 5.86. The van der Waals surface area contributed by atoms with E-state index in [1.165, 1.54) is 0 Å². The van der Waals surface area contributed by atoms with Crippen LogP contribution in [0.15, 0.2) is 16.5 Å². The first-order valence-corrected chi connectivity index (χ1v) is 6.74. The molecule has 1 unspecified atom stereocenters. The maximum absolute atomic E-state index is 11.5. The second-order valence-corrected chi connectivity index (χ2v) is 5.46. The fourth-order valence-electron chi connectivity index (χ4n) is 2.42. The summed E-state index contributed by atoms with van der Waals surface area (Å²) in [6.07, 6.45) is 1.11. The van der Waals surface area contributed by atoms with Gasteiger partial charge in [-0.15, -0.1) is 12.4 Å². The van der Waals surface area contributed by atoms with E-state index in [1.807, 2.05) is 6.07 Å². The molecule has 1 atom stereocenters. The van der Waals surface area contributed by atoms with Gasteiger partial charge in [0.25, 0.3) is 0 Å². The fourth-order valence-corrected chi connectivity index (χ4v) is 2.42. The first-order chi connectivity index (χ1) is 9.06. The Bertz CT molecular complexity index is 449. The molecule has 6 heteroatoms. The molecular weight excluding hydrogens is 280 g/mol. The molecule has 2 rings (SSSR count). The molecule has 0 spiro atoms. The molecule has 0 bridgehead atoms. The Labute approximate surface area is 125 Å². The van der Waals surface area contributed by atoms with Crippen LogP contribution in [0.25, 0.3) is 0 Å². The molecule has 0 radical (unpaired) electrons. The number of carbonyl (C=O) groups is 1. The minimum Gasteiger partial charge on any atom is -0.460 e. The molecule has 1 aliphatic heterocycles. The first-order valence-electron chi connectivity index (χ1n) is 6.74. The maximum Gasteiger partial charge on any atom is 0.374 e. The topological polar surface area (TPSA) is 68.7 Å². The average molecular weight is 303 g/mol. The summed E-state index contributed by atoms with van der Waals surface area (Å²) in [4.78, 5) is 13.8. The minimum absolute atomic E-state index is 0. The van der Waals surface area contributed by atoms with Gasteiger partial charge < -0.3 is 14.9 Å². The largest absolute Gasteiger partial charge is 0.460 e. The normalized spacial score (nSPS) is 22.6. The van der Waals surface area contributed by atoms with Crippen LogP contribution in [0, 0.1) is 5.41 Å². The van der Waals surface area contributed by atoms with Gasteiger partial charge in [0.2, 0.25) is 5.76 Å². The van der Waals surface area contributed by atoms with Gasteiger partial charge in [-0.25, -0.2) is 4.79 Å². The van der Waals surface area contributed by atoms with Crippen LogP contribution in [-0.4, -0.2) is 37.1 Å². The summed E-state index contributed by atoms with van der Waals surface area (Å²) >= 11 is 0. The molecule has 1 aromatic rings. The molecule has 5 nitrogen and oxygen atoms in total. The molecule has 1 fully saturated rings. The van der Waals surface area contributed by atoms with Crippen molar-refractivity contribution in [2.24, 2.45) is 11.1 Å². The molecular formula is C14H23ClN2O3. The lowest BCUT2D eigenvalue weighted by Crippen LogP contribution is -2.31. The summed E-state index contributed by atoms with van der Waals surface area (Å²) in [5.41, 5.74) is 5.99. The zero-order valence-electron chi connectivity index (χ0n) is 12.1. The first kappa shape index (κ1) is 17.0. The summed E-state index contributed by atoms with van der Waals surface area (Å²) in [7, 11) is 0. The summed E-state index contributed by atoms with van der Waals surface area (Å²) in [6, 6.07) is 3.51. The van der Waals surface area contributed by atoms with Crippen LogP contribution in [-0.2, 0) is 11.3 Å². The molecule has 0 saturated carbocycles. The van der Waals surface area contributed by atoms with Gasteiger partial charge in [-0.2, -0.15) is 0 Å². The van der Waals surface area contributed by atoms with E-state index >= 15 is 0 Å². The quantitative estimate of drug-likeness (QED) is 0.843. The third kappa shape index (κ3) is 3.98. The molecule has 2 heterocycles. The highest BCUT2D eigenvalue weighted by Crippen LogP contribution is 2.29. The zero-order chi connectivity index (χ0) is 13.9. The van der Waals surface area contributed by atoms with Gasteiger partial charge in [-0.3, -0.25) is 4.90 Å². The van der Waals surface area contributed by atoms with Crippen molar-refractivity contribution in [3.63, 3.8) is 0 Å². The van der Waals surface area contributed by atoms with Crippen LogP contribution in [0.1, 0.15) is 36.6 Å². The minimum atomic E-state index is -0.401. The molecule has 114 valence electrons. The number of halogens is 1. The van der Waals surface area contributed by atoms with Crippen molar-refractivity contribution < 1.29 is 13.9 Å². The van der Waals surface area contributed by atoms with Gasteiger partial charge in [-0.1, -0.05) is 6.92 Å². The van der Waals surface area contributed by atoms with Gasteiger partial charge in [0.1, 0.15) is 5.76 Å². The number of esters is 1. The van der Waals surface area contributed by atoms with Crippen molar-refractivity contribution >= 4 is 18.4 Å². The fraction of sp³-hybridized carbons (Fsp3) is 0.643. The van der Waals surface area contributed by atoms with E-state index in [0.29, 0.717) is 13.2 Å². The van der Waals surface area contributed by atoms with Crippen molar-refractivity contribution in [1.29, 1.82) is 0 Å². The summed E-state index contributed by atoms with van der Waals surface area (Å²) in [6.45, 7) is 7.75. The Morgan fingerprint density at radius 3 is 2.90 bits per heavy atom. The number of carbonyl (C=O) groups excluding carboxylic acids is 1. The molecule has 0 aliphatic carbocycles. The zero-order valence-corrected chi connectivity index (χ0v) is 12.9. The van der Waals surface area contributed by atoms with E-state index in [1.54, 1.807) is 13.0 Å². The third-order valence-electron chi connectivity index (χ3n) is 3.65. The summed E-state index contributed by atoms with van der Waals surface area (Å²) in [5, 5.41) is 0. The molecule has 1 aliphatic rings. The number of likely N-dealkylation sites (tertiary alicyclic amines) is 1. The third-order valence-corrected chi connectivity index (χ3v) is 3.65. The Hall–Kier alpha value is -1.04. The predicted octanol–water partition coefficient (Wildman–Crippen LogP) is 2.05. The number of hydrogen-bond acceptors (Lipinski definition) is 5. The average Bonchev–Trinajstić information content (AvgIpc) is 2.98. The van der Waals surface area contributed by atoms with Crippen LogP contribution in [0.3, 0.4) is 0 Å². The van der Waals surface area contributed by atoms with Crippen LogP contribution >= 0.6 is 12.4 Å². The SMILES string of the molecule is CCOC(=O)c1ccc(CN2CCC(C)(CN)C2)o1.Cl. The van der Waals surface area contributed by atoms with Crippen LogP contribution in [0.5, 0.6) is 0 Å². The van der Waals surface area contributed by atoms with Crippen LogP contribution in [0.2, 0.25) is 0 Å². The van der Waals surface area contributed by atoms with E-state index in [-0.39, 0.29) is 23.6 Å². The smallest absolute Gasteiger partial charge is 0.374 e. The number of ether oxygens (including phenoxy) is 1. The molecule has 1 saturated heterocycles. The highest BCUT2D eigenvalue weighted by Gasteiger charge is 2.32. The number of hydrogen-bond donors (Lipinski definition) is 1. The van der Waals surface area contributed by atoms with Gasteiger partial charge in [0.05, 0.1) is 13.2 Å². The highest BCUT2D eigenvalue weighted by atomic mass is 35.5. The molecule has 1 aromatic heterocycles. The van der Waals surface area contributed by atoms with Crippen molar-refractivity contribution in [3.8, 4) is 0 Å². The van der Waals surface area contributed by atoms with Gasteiger partial charge >= 0.3 is 5.97 Å². The second-order valence-electron chi connectivity index (χ2n) is 5.46. The van der Waals surface area contributed by atoms with E-state index in [2.05, 4.69) is 11.8 Å². The van der Waals surface area contributed by atoms with Gasteiger partial charge in [0, 0.05) is 6.54 Å². The molecule has 0 aromatic carbocycles. The predicted molar refractivity (Wildman–Crippen MR) is 79.0 cm³/mol. The van der Waals surface area contributed by atoms with E-state index in [0.717, 1.165) is 31.8 Å².